The summed E-state index contributed by atoms with van der Waals surface area (Å²) in [5.41, 5.74) is 0.799. The largest absolute Gasteiger partial charge is 0.497 e. The molecule has 28 heavy (non-hydrogen) atoms. The van der Waals surface area contributed by atoms with E-state index in [1.807, 2.05) is 29.2 Å². The molecule has 4 amide bonds. The molecule has 3 fully saturated rings. The van der Waals surface area contributed by atoms with Gasteiger partial charge in [0.1, 0.15) is 12.3 Å². The number of carbonyl (C=O) groups is 3. The van der Waals surface area contributed by atoms with Crippen LogP contribution in [0, 0.1) is 5.92 Å². The lowest BCUT2D eigenvalue weighted by Gasteiger charge is -2.35. The van der Waals surface area contributed by atoms with Crippen molar-refractivity contribution in [1.29, 1.82) is 0 Å². The summed E-state index contributed by atoms with van der Waals surface area (Å²) in [6.07, 6.45) is 2.00. The normalized spacial score (nSPS) is 20.0. The van der Waals surface area contributed by atoms with Gasteiger partial charge < -0.3 is 19.4 Å². The lowest BCUT2D eigenvalue weighted by Crippen LogP contribution is -2.53. The van der Waals surface area contributed by atoms with Crippen molar-refractivity contribution in [3.63, 3.8) is 0 Å². The number of benzene rings is 1. The van der Waals surface area contributed by atoms with Crippen molar-refractivity contribution < 1.29 is 19.1 Å². The molecule has 8 heteroatoms. The maximum absolute atomic E-state index is 12.7. The van der Waals surface area contributed by atoms with E-state index >= 15 is 0 Å². The van der Waals surface area contributed by atoms with Crippen molar-refractivity contribution in [2.75, 3.05) is 57.8 Å². The molecule has 0 spiro atoms. The SMILES string of the molecule is COc1ccc(N2CCN(CC(=O)N3CCN(C(=O)C4CC4)CC3)C2=O)cc1. The smallest absolute Gasteiger partial charge is 0.325 e. The number of carbonyl (C=O) groups excluding carboxylic acids is 3. The highest BCUT2D eigenvalue weighted by Crippen LogP contribution is 2.31. The predicted molar refractivity (Wildman–Crippen MR) is 103 cm³/mol. The second kappa shape index (κ2) is 7.69. The molecule has 1 aromatic rings. The predicted octanol–water partition coefficient (Wildman–Crippen LogP) is 1.02. The van der Waals surface area contributed by atoms with Gasteiger partial charge in [-0.25, -0.2) is 4.79 Å². The second-order valence-corrected chi connectivity index (χ2v) is 7.53. The molecule has 3 aliphatic rings. The van der Waals surface area contributed by atoms with Gasteiger partial charge >= 0.3 is 6.03 Å². The van der Waals surface area contributed by atoms with Crippen LogP contribution in [0.1, 0.15) is 12.8 Å². The van der Waals surface area contributed by atoms with Crippen LogP contribution in [0.4, 0.5) is 10.5 Å². The van der Waals surface area contributed by atoms with Crippen LogP contribution in [0.3, 0.4) is 0 Å². The topological polar surface area (TPSA) is 73.4 Å². The Bertz CT molecular complexity index is 754. The van der Waals surface area contributed by atoms with Crippen molar-refractivity contribution in [2.24, 2.45) is 5.92 Å². The molecule has 1 aromatic carbocycles. The van der Waals surface area contributed by atoms with Crippen molar-refractivity contribution >= 4 is 23.5 Å². The summed E-state index contributed by atoms with van der Waals surface area (Å²) in [4.78, 5) is 44.4. The average molecular weight is 386 g/mol. The molecular weight excluding hydrogens is 360 g/mol. The van der Waals surface area contributed by atoms with Gasteiger partial charge in [0, 0.05) is 50.9 Å². The van der Waals surface area contributed by atoms with Crippen LogP contribution >= 0.6 is 0 Å². The van der Waals surface area contributed by atoms with Gasteiger partial charge in [0.15, 0.2) is 0 Å². The number of piperazine rings is 1. The summed E-state index contributed by atoms with van der Waals surface area (Å²) in [6.45, 7) is 3.43. The Morgan fingerprint density at radius 3 is 2.21 bits per heavy atom. The number of hydrogen-bond acceptors (Lipinski definition) is 4. The molecule has 2 heterocycles. The van der Waals surface area contributed by atoms with E-state index in [4.69, 9.17) is 4.74 Å². The molecule has 0 bridgehead atoms. The van der Waals surface area contributed by atoms with Crippen molar-refractivity contribution in [1.82, 2.24) is 14.7 Å². The first-order valence-electron chi connectivity index (χ1n) is 9.84. The molecular formula is C20H26N4O4. The van der Waals surface area contributed by atoms with Crippen LogP contribution in [-0.2, 0) is 9.59 Å². The van der Waals surface area contributed by atoms with Crippen LogP contribution < -0.4 is 9.64 Å². The van der Waals surface area contributed by atoms with Gasteiger partial charge in [0.25, 0.3) is 0 Å². The maximum atomic E-state index is 12.7. The summed E-state index contributed by atoms with van der Waals surface area (Å²) in [5, 5.41) is 0. The van der Waals surface area contributed by atoms with Crippen LogP contribution in [0.25, 0.3) is 0 Å². The van der Waals surface area contributed by atoms with Gasteiger partial charge in [-0.3, -0.25) is 14.5 Å². The summed E-state index contributed by atoms with van der Waals surface area (Å²) < 4.78 is 5.15. The van der Waals surface area contributed by atoms with E-state index in [1.165, 1.54) is 0 Å². The van der Waals surface area contributed by atoms with E-state index in [0.717, 1.165) is 24.3 Å². The summed E-state index contributed by atoms with van der Waals surface area (Å²) in [7, 11) is 1.60. The van der Waals surface area contributed by atoms with Gasteiger partial charge in [-0.05, 0) is 37.1 Å². The minimum atomic E-state index is -0.152. The average Bonchev–Trinajstić information content (AvgIpc) is 3.52. The summed E-state index contributed by atoms with van der Waals surface area (Å²) in [6, 6.07) is 7.18. The third-order valence-corrected chi connectivity index (χ3v) is 5.68. The molecule has 0 N–H and O–H groups in total. The fraction of sp³-hybridized carbons (Fsp3) is 0.550. The fourth-order valence-electron chi connectivity index (χ4n) is 3.76. The van der Waals surface area contributed by atoms with Crippen molar-refractivity contribution in [2.45, 2.75) is 12.8 Å². The zero-order chi connectivity index (χ0) is 19.7. The highest BCUT2D eigenvalue weighted by molar-refractivity contribution is 5.96. The Hall–Kier alpha value is -2.77. The quantitative estimate of drug-likeness (QED) is 0.757. The summed E-state index contributed by atoms with van der Waals surface area (Å²) in [5.74, 6) is 1.13. The molecule has 4 rings (SSSR count). The zero-order valence-corrected chi connectivity index (χ0v) is 16.2. The minimum absolute atomic E-state index is 0.0524. The van der Waals surface area contributed by atoms with E-state index in [2.05, 4.69) is 0 Å². The molecule has 1 saturated carbocycles. The van der Waals surface area contributed by atoms with E-state index in [9.17, 15) is 14.4 Å². The van der Waals surface area contributed by atoms with E-state index in [0.29, 0.717) is 39.3 Å². The van der Waals surface area contributed by atoms with Crippen LogP contribution in [0.5, 0.6) is 5.75 Å². The Morgan fingerprint density at radius 2 is 1.61 bits per heavy atom. The monoisotopic (exact) mass is 386 g/mol. The number of rotatable bonds is 5. The minimum Gasteiger partial charge on any atom is -0.497 e. The molecule has 8 nitrogen and oxygen atoms in total. The Labute approximate surface area is 164 Å². The Balaban J connectivity index is 1.29. The van der Waals surface area contributed by atoms with Crippen molar-refractivity contribution in [3.8, 4) is 5.75 Å². The van der Waals surface area contributed by atoms with Gasteiger partial charge in [-0.15, -0.1) is 0 Å². The Morgan fingerprint density at radius 1 is 0.964 bits per heavy atom. The highest BCUT2D eigenvalue weighted by atomic mass is 16.5. The lowest BCUT2D eigenvalue weighted by molar-refractivity contribution is -0.140. The maximum Gasteiger partial charge on any atom is 0.325 e. The Kier molecular flexibility index (Phi) is 5.11. The van der Waals surface area contributed by atoms with Gasteiger partial charge in [-0.1, -0.05) is 0 Å². The third kappa shape index (κ3) is 3.76. The zero-order valence-electron chi connectivity index (χ0n) is 16.2. The number of nitrogens with zero attached hydrogens (tertiary/aromatic N) is 4. The van der Waals surface area contributed by atoms with E-state index < -0.39 is 0 Å². The second-order valence-electron chi connectivity index (χ2n) is 7.53. The van der Waals surface area contributed by atoms with Gasteiger partial charge in [0.2, 0.25) is 11.8 Å². The number of anilines is 1. The van der Waals surface area contributed by atoms with Crippen molar-refractivity contribution in [3.05, 3.63) is 24.3 Å². The number of urea groups is 1. The third-order valence-electron chi connectivity index (χ3n) is 5.68. The molecule has 0 aromatic heterocycles. The molecule has 0 atom stereocenters. The molecule has 2 saturated heterocycles. The van der Waals surface area contributed by atoms with E-state index in [-0.39, 0.29) is 30.3 Å². The number of amides is 4. The van der Waals surface area contributed by atoms with Crippen LogP contribution in [0.2, 0.25) is 0 Å². The fourth-order valence-corrected chi connectivity index (χ4v) is 3.76. The molecule has 150 valence electrons. The first-order valence-corrected chi connectivity index (χ1v) is 9.84. The first-order chi connectivity index (χ1) is 13.6. The van der Waals surface area contributed by atoms with E-state index in [1.54, 1.807) is 21.8 Å². The first kappa shape index (κ1) is 18.6. The molecule has 2 aliphatic heterocycles. The standard InChI is InChI=1S/C20H26N4O4/c1-28-17-6-4-16(5-7-17)24-13-12-23(20(24)27)14-18(25)21-8-10-22(11-9-21)19(26)15-2-3-15/h4-7,15H,2-3,8-14H2,1H3. The number of ether oxygens (including phenoxy) is 1. The molecule has 1 aliphatic carbocycles. The number of methoxy groups -OCH3 is 1. The van der Waals surface area contributed by atoms with Crippen LogP contribution in [-0.4, -0.2) is 85.5 Å². The molecule has 0 unspecified atom stereocenters. The lowest BCUT2D eigenvalue weighted by atomic mass is 10.2. The van der Waals surface area contributed by atoms with Crippen LogP contribution in [0.15, 0.2) is 24.3 Å². The van der Waals surface area contributed by atoms with Gasteiger partial charge in [-0.2, -0.15) is 0 Å². The summed E-state index contributed by atoms with van der Waals surface area (Å²) >= 11 is 0. The number of hydrogen-bond donors (Lipinski definition) is 0. The highest BCUT2D eigenvalue weighted by Gasteiger charge is 2.36. The van der Waals surface area contributed by atoms with Gasteiger partial charge in [0.05, 0.1) is 7.11 Å². The molecule has 0 radical (unpaired) electrons.